The van der Waals surface area contributed by atoms with Gasteiger partial charge in [-0.1, -0.05) is 11.8 Å². The molecule has 0 fully saturated rings. The predicted octanol–water partition coefficient (Wildman–Crippen LogP) is 3.89. The molecule has 0 aliphatic heterocycles. The van der Waals surface area contributed by atoms with E-state index in [4.69, 9.17) is 0 Å². The lowest BCUT2D eigenvalue weighted by Crippen LogP contribution is -2.20. The normalized spacial score (nSPS) is 11.2. The van der Waals surface area contributed by atoms with E-state index in [0.29, 0.717) is 22.3 Å². The maximum Gasteiger partial charge on any atom is 0.462 e. The summed E-state index contributed by atoms with van der Waals surface area (Å²) < 4.78 is 73.5. The molecule has 26 heavy (non-hydrogen) atoms. The number of alkyl halides is 6. The zero-order chi connectivity index (χ0) is 20.4. The molecule has 0 saturated heterocycles. The largest absolute Gasteiger partial charge is 0.462 e. The van der Waals surface area contributed by atoms with E-state index < -0.39 is 23.9 Å². The number of benzene rings is 1. The van der Waals surface area contributed by atoms with E-state index >= 15 is 0 Å². The van der Waals surface area contributed by atoms with Crippen LogP contribution in [0.4, 0.5) is 26.3 Å². The van der Waals surface area contributed by atoms with Gasteiger partial charge in [-0.2, -0.15) is 26.3 Å². The third-order valence-corrected chi connectivity index (χ3v) is 3.74. The average molecular weight is 374 g/mol. The van der Waals surface area contributed by atoms with Crippen LogP contribution < -0.4 is 0 Å². The first-order chi connectivity index (χ1) is 11.7. The van der Waals surface area contributed by atoms with Crippen LogP contribution in [0.5, 0.6) is 0 Å². The fourth-order valence-corrected chi connectivity index (χ4v) is 2.07. The molecular weight excluding hydrogens is 362 g/mol. The van der Waals surface area contributed by atoms with Crippen LogP contribution in [0.3, 0.4) is 0 Å². The summed E-state index contributed by atoms with van der Waals surface area (Å²) >= 11 is 0. The molecule has 2 nitrogen and oxygen atoms in total. The van der Waals surface area contributed by atoms with Crippen molar-refractivity contribution in [3.63, 3.8) is 0 Å². The smallest absolute Gasteiger partial charge is 0.275 e. The molecule has 0 aromatic heterocycles. The number of hydrogen-bond acceptors (Lipinski definition) is 2. The summed E-state index contributed by atoms with van der Waals surface area (Å²) in [7, 11) is 0. The molecule has 0 unspecified atom stereocenters. The van der Waals surface area contributed by atoms with Gasteiger partial charge < -0.3 is 0 Å². The molecule has 0 saturated carbocycles. The van der Waals surface area contributed by atoms with Crippen LogP contribution in [0.25, 0.3) is 0 Å². The SMILES string of the molecule is Cc1c(C)c(C#CC(=O)C(F)(F)F)c(C)c(C)c1C#CC(=O)C(F)(F)F. The van der Waals surface area contributed by atoms with E-state index in [1.165, 1.54) is 39.5 Å². The lowest BCUT2D eigenvalue weighted by atomic mass is 9.89. The number of rotatable bonds is 0. The first-order valence-electron chi connectivity index (χ1n) is 7.04. The van der Waals surface area contributed by atoms with E-state index in [1.807, 2.05) is 0 Å². The van der Waals surface area contributed by atoms with Crippen molar-refractivity contribution < 1.29 is 35.9 Å². The molecule has 1 aromatic rings. The van der Waals surface area contributed by atoms with E-state index in [-0.39, 0.29) is 11.1 Å². The predicted molar refractivity (Wildman–Crippen MR) is 81.3 cm³/mol. The zero-order valence-electron chi connectivity index (χ0n) is 14.1. The van der Waals surface area contributed by atoms with E-state index in [9.17, 15) is 35.9 Å². The van der Waals surface area contributed by atoms with Crippen LogP contribution in [-0.4, -0.2) is 23.9 Å². The molecule has 0 heterocycles. The number of halogens is 6. The summed E-state index contributed by atoms with van der Waals surface area (Å²) in [5.41, 5.74) is 1.76. The van der Waals surface area contributed by atoms with Gasteiger partial charge in [0.25, 0.3) is 0 Å². The molecule has 8 heteroatoms. The monoisotopic (exact) mass is 374 g/mol. The van der Waals surface area contributed by atoms with Crippen molar-refractivity contribution in [3.05, 3.63) is 33.4 Å². The molecule has 0 spiro atoms. The number of carbonyl (C=O) groups is 2. The Kier molecular flexibility index (Phi) is 5.94. The lowest BCUT2D eigenvalue weighted by Gasteiger charge is -2.14. The summed E-state index contributed by atoms with van der Waals surface area (Å²) in [5.74, 6) is 2.96. The minimum absolute atomic E-state index is 0.158. The summed E-state index contributed by atoms with van der Waals surface area (Å²) in [6.45, 7) is 5.95. The highest BCUT2D eigenvalue weighted by atomic mass is 19.4. The molecule has 0 aliphatic rings. The highest BCUT2D eigenvalue weighted by Crippen LogP contribution is 2.26. The van der Waals surface area contributed by atoms with Crippen molar-refractivity contribution in [2.75, 3.05) is 0 Å². The quantitative estimate of drug-likeness (QED) is 0.510. The first kappa shape index (κ1) is 21.3. The maximum atomic E-state index is 12.3. The molecular formula is C18H12F6O2. The van der Waals surface area contributed by atoms with E-state index in [1.54, 1.807) is 0 Å². The van der Waals surface area contributed by atoms with Gasteiger partial charge in [0.2, 0.25) is 0 Å². The van der Waals surface area contributed by atoms with Crippen LogP contribution in [0, 0.1) is 51.4 Å². The Labute approximate surface area is 145 Å². The zero-order valence-corrected chi connectivity index (χ0v) is 14.1. The Bertz CT molecular complexity index is 793. The molecule has 1 aromatic carbocycles. The molecule has 0 aliphatic carbocycles. The highest BCUT2D eigenvalue weighted by Gasteiger charge is 2.37. The van der Waals surface area contributed by atoms with Crippen molar-refractivity contribution >= 4 is 11.6 Å². The summed E-state index contributed by atoms with van der Waals surface area (Å²) in [5, 5.41) is 0. The van der Waals surface area contributed by atoms with Crippen LogP contribution in [0.2, 0.25) is 0 Å². The maximum absolute atomic E-state index is 12.3. The van der Waals surface area contributed by atoms with Crippen LogP contribution in [0.1, 0.15) is 33.4 Å². The summed E-state index contributed by atoms with van der Waals surface area (Å²) in [4.78, 5) is 21.8. The third kappa shape index (κ3) is 4.66. The number of ketones is 2. The molecule has 0 radical (unpaired) electrons. The molecule has 1 rings (SSSR count). The first-order valence-corrected chi connectivity index (χ1v) is 7.04. The van der Waals surface area contributed by atoms with Gasteiger partial charge in [-0.3, -0.25) is 9.59 Å². The Morgan fingerprint density at radius 3 is 1.04 bits per heavy atom. The molecule has 138 valence electrons. The Hall–Kier alpha value is -2.74. The Morgan fingerprint density at radius 1 is 0.615 bits per heavy atom. The van der Waals surface area contributed by atoms with Crippen LogP contribution in [-0.2, 0) is 9.59 Å². The second-order valence-corrected chi connectivity index (χ2v) is 5.40. The van der Waals surface area contributed by atoms with Gasteiger partial charge in [0, 0.05) is 11.1 Å². The van der Waals surface area contributed by atoms with E-state index in [2.05, 4.69) is 11.8 Å². The standard InChI is InChI=1S/C18H12F6O2/c1-9-10(2)14(6-8-16(26)18(22,23)24)12(4)11(3)13(9)5-7-15(25)17(19,20)21/h1-4H3. The molecule has 0 N–H and O–H groups in total. The second kappa shape index (κ2) is 7.25. The fourth-order valence-electron chi connectivity index (χ4n) is 2.07. The minimum Gasteiger partial charge on any atom is -0.275 e. The van der Waals surface area contributed by atoms with Gasteiger partial charge in [-0.25, -0.2) is 0 Å². The Morgan fingerprint density at radius 2 is 0.846 bits per heavy atom. The number of Topliss-reactive ketones (excluding diaryl/α,β-unsaturated/α-hetero) is 2. The average Bonchev–Trinajstić information content (AvgIpc) is 2.50. The van der Waals surface area contributed by atoms with Crippen LogP contribution in [0.15, 0.2) is 0 Å². The van der Waals surface area contributed by atoms with Crippen molar-refractivity contribution in [2.24, 2.45) is 0 Å². The molecule has 0 amide bonds. The van der Waals surface area contributed by atoms with Crippen molar-refractivity contribution in [1.29, 1.82) is 0 Å². The molecule has 0 bridgehead atoms. The number of hydrogen-bond donors (Lipinski definition) is 0. The fraction of sp³-hybridized carbons (Fsp3) is 0.333. The van der Waals surface area contributed by atoms with E-state index in [0.717, 1.165) is 0 Å². The van der Waals surface area contributed by atoms with Crippen molar-refractivity contribution in [1.82, 2.24) is 0 Å². The summed E-state index contributed by atoms with van der Waals surface area (Å²) in [6.07, 6.45) is -10.2. The van der Waals surface area contributed by atoms with Gasteiger partial charge in [-0.05, 0) is 61.8 Å². The topological polar surface area (TPSA) is 34.1 Å². The van der Waals surface area contributed by atoms with Gasteiger partial charge in [0.15, 0.2) is 0 Å². The minimum atomic E-state index is -5.08. The second-order valence-electron chi connectivity index (χ2n) is 5.40. The third-order valence-electron chi connectivity index (χ3n) is 3.74. The molecule has 0 atom stereocenters. The van der Waals surface area contributed by atoms with Crippen molar-refractivity contribution in [3.8, 4) is 23.7 Å². The lowest BCUT2D eigenvalue weighted by molar-refractivity contribution is -0.164. The van der Waals surface area contributed by atoms with Gasteiger partial charge in [-0.15, -0.1) is 0 Å². The number of carbonyl (C=O) groups excluding carboxylic acids is 2. The Balaban J connectivity index is 3.50. The van der Waals surface area contributed by atoms with Gasteiger partial charge in [0.05, 0.1) is 0 Å². The van der Waals surface area contributed by atoms with Gasteiger partial charge in [0.1, 0.15) is 0 Å². The van der Waals surface area contributed by atoms with Crippen LogP contribution >= 0.6 is 0 Å². The van der Waals surface area contributed by atoms with Crippen molar-refractivity contribution in [2.45, 2.75) is 40.0 Å². The summed E-state index contributed by atoms with van der Waals surface area (Å²) in [6, 6.07) is 0. The van der Waals surface area contributed by atoms with Gasteiger partial charge >= 0.3 is 23.9 Å². The highest BCUT2D eigenvalue weighted by molar-refractivity contribution is 6.01.